The molecule has 3 nitrogen and oxygen atoms in total. The summed E-state index contributed by atoms with van der Waals surface area (Å²) in [6.07, 6.45) is 0. The van der Waals surface area contributed by atoms with Crippen LogP contribution in [0.2, 0.25) is 0 Å². The van der Waals surface area contributed by atoms with Crippen LogP contribution in [0, 0.1) is 0 Å². The molecule has 8 aromatic rings. The number of para-hydroxylation sites is 2. The van der Waals surface area contributed by atoms with Gasteiger partial charge in [-0.2, -0.15) is 0 Å². The van der Waals surface area contributed by atoms with Crippen LogP contribution in [-0.4, -0.2) is 14.5 Å². The van der Waals surface area contributed by atoms with Crippen LogP contribution < -0.4 is 0 Å². The third-order valence-electron chi connectivity index (χ3n) is 7.23. The zero-order chi connectivity index (χ0) is 25.1. The van der Waals surface area contributed by atoms with Gasteiger partial charge in [0, 0.05) is 48.1 Å². The maximum Gasteiger partial charge on any atom is 0.162 e. The Kier molecular flexibility index (Phi) is 4.69. The van der Waals surface area contributed by atoms with Crippen LogP contribution in [0.1, 0.15) is 0 Å². The van der Waals surface area contributed by atoms with Gasteiger partial charge >= 0.3 is 0 Å². The molecule has 0 spiro atoms. The van der Waals surface area contributed by atoms with Crippen molar-refractivity contribution in [1.82, 2.24) is 14.5 Å². The molecular weight excluding hydrogens is 482 g/mol. The van der Waals surface area contributed by atoms with Gasteiger partial charge in [-0.1, -0.05) is 103 Å². The third-order valence-corrected chi connectivity index (χ3v) is 8.45. The molecule has 8 rings (SSSR count). The molecule has 0 aliphatic carbocycles. The zero-order valence-corrected chi connectivity index (χ0v) is 21.2. The van der Waals surface area contributed by atoms with E-state index in [1.165, 1.54) is 30.9 Å². The molecule has 178 valence electrons. The number of hydrogen-bond acceptors (Lipinski definition) is 3. The molecule has 0 fully saturated rings. The number of hydrogen-bond donors (Lipinski definition) is 0. The fourth-order valence-electron chi connectivity index (χ4n) is 5.52. The Labute approximate surface area is 223 Å². The number of benzene rings is 5. The van der Waals surface area contributed by atoms with Gasteiger partial charge in [0.05, 0.1) is 16.7 Å². The van der Waals surface area contributed by atoms with Crippen molar-refractivity contribution in [1.29, 1.82) is 0 Å². The first-order valence-electron chi connectivity index (χ1n) is 12.7. The summed E-state index contributed by atoms with van der Waals surface area (Å²) in [7, 11) is 0. The summed E-state index contributed by atoms with van der Waals surface area (Å²) in [5, 5.41) is 4.99. The van der Waals surface area contributed by atoms with E-state index in [1.807, 2.05) is 29.5 Å². The topological polar surface area (TPSA) is 30.7 Å². The number of rotatable bonds is 3. The standard InChI is InChI=1S/C34H21N3S/c1-2-11-22(12-3-1)34-35-28(27-17-10-16-26-25-15-6-9-20-31(25)38-33(26)27)21-32(36-34)37-29-18-7-4-13-23(29)24-14-5-8-19-30(24)37/h1-21H. The van der Waals surface area contributed by atoms with Gasteiger partial charge in [0.15, 0.2) is 5.82 Å². The van der Waals surface area contributed by atoms with Crippen molar-refractivity contribution >= 4 is 53.3 Å². The molecule has 0 saturated heterocycles. The van der Waals surface area contributed by atoms with Crippen LogP contribution >= 0.6 is 11.3 Å². The minimum absolute atomic E-state index is 0.720. The van der Waals surface area contributed by atoms with Crippen LogP contribution in [0.15, 0.2) is 127 Å². The summed E-state index contributed by atoms with van der Waals surface area (Å²) in [6.45, 7) is 0. The number of aromatic nitrogens is 3. The summed E-state index contributed by atoms with van der Waals surface area (Å²) >= 11 is 1.83. The highest BCUT2D eigenvalue weighted by Crippen LogP contribution is 2.40. The second kappa shape index (κ2) is 8.37. The first-order chi connectivity index (χ1) is 18.8. The molecule has 0 unspecified atom stereocenters. The van der Waals surface area contributed by atoms with Crippen LogP contribution in [-0.2, 0) is 0 Å². The number of thiophene rings is 1. The average molecular weight is 504 g/mol. The van der Waals surface area contributed by atoms with E-state index in [4.69, 9.17) is 9.97 Å². The van der Waals surface area contributed by atoms with Crippen molar-refractivity contribution in [3.8, 4) is 28.5 Å². The second-order valence-electron chi connectivity index (χ2n) is 9.45. The first-order valence-corrected chi connectivity index (χ1v) is 13.5. The highest BCUT2D eigenvalue weighted by molar-refractivity contribution is 7.26. The Balaban J connectivity index is 1.47. The molecule has 5 aromatic carbocycles. The van der Waals surface area contributed by atoms with Crippen molar-refractivity contribution in [2.24, 2.45) is 0 Å². The molecule has 3 heterocycles. The molecule has 0 bridgehead atoms. The van der Waals surface area contributed by atoms with Gasteiger partial charge in [-0.3, -0.25) is 4.57 Å². The molecule has 4 heteroatoms. The Morgan fingerprint density at radius 3 is 1.92 bits per heavy atom. The lowest BCUT2D eigenvalue weighted by Gasteiger charge is -2.12. The monoisotopic (exact) mass is 503 g/mol. The minimum Gasteiger partial charge on any atom is -0.294 e. The summed E-state index contributed by atoms with van der Waals surface area (Å²) in [5.74, 6) is 1.59. The molecule has 0 atom stereocenters. The quantitative estimate of drug-likeness (QED) is 0.240. The van der Waals surface area contributed by atoms with Crippen molar-refractivity contribution in [2.75, 3.05) is 0 Å². The lowest BCUT2D eigenvalue weighted by Crippen LogP contribution is -2.02. The lowest BCUT2D eigenvalue weighted by molar-refractivity contribution is 1.05. The minimum atomic E-state index is 0.720. The highest BCUT2D eigenvalue weighted by Gasteiger charge is 2.18. The Morgan fingerprint density at radius 2 is 1.16 bits per heavy atom. The van der Waals surface area contributed by atoms with E-state index < -0.39 is 0 Å². The van der Waals surface area contributed by atoms with Gasteiger partial charge in [0.1, 0.15) is 5.82 Å². The maximum absolute atomic E-state index is 5.15. The molecule has 0 amide bonds. The van der Waals surface area contributed by atoms with E-state index in [-0.39, 0.29) is 0 Å². The Bertz CT molecular complexity index is 2080. The van der Waals surface area contributed by atoms with Crippen molar-refractivity contribution in [2.45, 2.75) is 0 Å². The van der Waals surface area contributed by atoms with Crippen LogP contribution in [0.25, 0.3) is 70.4 Å². The van der Waals surface area contributed by atoms with E-state index in [0.29, 0.717) is 0 Å². The van der Waals surface area contributed by atoms with E-state index in [1.54, 1.807) is 0 Å². The summed E-state index contributed by atoms with van der Waals surface area (Å²) in [6, 6.07) is 44.7. The second-order valence-corrected chi connectivity index (χ2v) is 10.5. The van der Waals surface area contributed by atoms with E-state index in [9.17, 15) is 0 Å². The smallest absolute Gasteiger partial charge is 0.162 e. The van der Waals surface area contributed by atoms with Crippen molar-refractivity contribution in [3.63, 3.8) is 0 Å². The number of fused-ring (bicyclic) bond motifs is 6. The molecule has 0 radical (unpaired) electrons. The average Bonchev–Trinajstić information content (AvgIpc) is 3.53. The van der Waals surface area contributed by atoms with Gasteiger partial charge in [0.2, 0.25) is 0 Å². The fraction of sp³-hybridized carbons (Fsp3) is 0. The SMILES string of the molecule is c1ccc(-c2nc(-c3cccc4c3sc3ccccc34)cc(-n3c4ccccc4c4ccccc43)n2)cc1. The molecular formula is C34H21N3S. The third kappa shape index (κ3) is 3.21. The largest absolute Gasteiger partial charge is 0.294 e. The molecule has 38 heavy (non-hydrogen) atoms. The highest BCUT2D eigenvalue weighted by atomic mass is 32.1. The predicted molar refractivity (Wildman–Crippen MR) is 160 cm³/mol. The zero-order valence-electron chi connectivity index (χ0n) is 20.4. The van der Waals surface area contributed by atoms with Crippen LogP contribution in [0.3, 0.4) is 0 Å². The molecule has 0 aliphatic rings. The van der Waals surface area contributed by atoms with E-state index >= 15 is 0 Å². The van der Waals surface area contributed by atoms with Gasteiger partial charge in [-0.05, 0) is 18.2 Å². The summed E-state index contributed by atoms with van der Waals surface area (Å²) < 4.78 is 4.81. The summed E-state index contributed by atoms with van der Waals surface area (Å²) in [4.78, 5) is 10.3. The van der Waals surface area contributed by atoms with Crippen LogP contribution in [0.4, 0.5) is 0 Å². The normalized spacial score (nSPS) is 11.7. The van der Waals surface area contributed by atoms with Crippen LogP contribution in [0.5, 0.6) is 0 Å². The van der Waals surface area contributed by atoms with Gasteiger partial charge in [-0.25, -0.2) is 9.97 Å². The van der Waals surface area contributed by atoms with E-state index in [0.717, 1.165) is 39.5 Å². The van der Waals surface area contributed by atoms with Crippen molar-refractivity contribution < 1.29 is 0 Å². The number of nitrogens with zero attached hydrogens (tertiary/aromatic N) is 3. The molecule has 0 N–H and O–H groups in total. The molecule has 0 saturated carbocycles. The Morgan fingerprint density at radius 1 is 0.526 bits per heavy atom. The van der Waals surface area contributed by atoms with E-state index in [2.05, 4.69) is 114 Å². The summed E-state index contributed by atoms with van der Waals surface area (Å²) in [5.41, 5.74) is 5.33. The van der Waals surface area contributed by atoms with Gasteiger partial charge in [0.25, 0.3) is 0 Å². The first kappa shape index (κ1) is 21.3. The van der Waals surface area contributed by atoms with Gasteiger partial charge < -0.3 is 0 Å². The van der Waals surface area contributed by atoms with Crippen molar-refractivity contribution in [3.05, 3.63) is 127 Å². The molecule has 0 aliphatic heterocycles. The van der Waals surface area contributed by atoms with Gasteiger partial charge in [-0.15, -0.1) is 11.3 Å². The predicted octanol–water partition coefficient (Wildman–Crippen LogP) is 9.28. The fourth-order valence-corrected chi connectivity index (χ4v) is 6.75. The lowest BCUT2D eigenvalue weighted by atomic mass is 10.1. The Hall–Kier alpha value is -4.80. The molecule has 3 aromatic heterocycles. The maximum atomic E-state index is 5.15.